The molecule has 3 amide bonds. The first-order valence-electron chi connectivity index (χ1n) is 14.5. The van der Waals surface area contributed by atoms with Crippen LogP contribution in [0.5, 0.6) is 0 Å². The Morgan fingerprint density at radius 3 is 2.09 bits per heavy atom. The molecular weight excluding hydrogens is 602 g/mol. The van der Waals surface area contributed by atoms with Crippen LogP contribution >= 0.6 is 11.8 Å². The lowest BCUT2D eigenvalue weighted by Crippen LogP contribution is -2.50. The lowest BCUT2D eigenvalue weighted by molar-refractivity contribution is -0.143. The van der Waals surface area contributed by atoms with Gasteiger partial charge in [-0.1, -0.05) is 61.0 Å². The highest BCUT2D eigenvalue weighted by Crippen LogP contribution is 2.15. The molecule has 0 aliphatic rings. The van der Waals surface area contributed by atoms with E-state index in [1.165, 1.54) is 18.9 Å². The summed E-state index contributed by atoms with van der Waals surface area (Å²) in [6, 6.07) is 14.8. The van der Waals surface area contributed by atoms with Crippen LogP contribution in [0.25, 0.3) is 0 Å². The van der Waals surface area contributed by atoms with Gasteiger partial charge in [-0.15, -0.1) is 0 Å². The van der Waals surface area contributed by atoms with E-state index in [9.17, 15) is 28.8 Å². The number of nitrogens with one attached hydrogen (secondary N) is 3. The van der Waals surface area contributed by atoms with Gasteiger partial charge in [0.2, 0.25) is 11.8 Å². The molecule has 3 N–H and O–H groups in total. The average molecular weight is 644 g/mol. The Balaban J connectivity index is 1.80. The van der Waals surface area contributed by atoms with Crippen molar-refractivity contribution in [2.75, 3.05) is 39.4 Å². The Kier molecular flexibility index (Phi) is 16.8. The van der Waals surface area contributed by atoms with E-state index < -0.39 is 41.9 Å². The van der Waals surface area contributed by atoms with Gasteiger partial charge in [0.15, 0.2) is 5.78 Å². The monoisotopic (exact) mass is 643 g/mol. The molecule has 0 aliphatic heterocycles. The number of hydrogen-bond donors (Lipinski definition) is 3. The van der Waals surface area contributed by atoms with Crippen LogP contribution in [0.2, 0.25) is 0 Å². The van der Waals surface area contributed by atoms with Crippen molar-refractivity contribution in [3.8, 4) is 0 Å². The second-order valence-corrected chi connectivity index (χ2v) is 11.1. The molecule has 12 nitrogen and oxygen atoms in total. The van der Waals surface area contributed by atoms with E-state index in [1.54, 1.807) is 12.1 Å². The summed E-state index contributed by atoms with van der Waals surface area (Å²) in [7, 11) is 3.49. The van der Waals surface area contributed by atoms with Gasteiger partial charge >= 0.3 is 18.0 Å². The maximum atomic E-state index is 12.7. The minimum absolute atomic E-state index is 0.00592. The Labute approximate surface area is 267 Å². The van der Waals surface area contributed by atoms with Gasteiger partial charge in [-0.05, 0) is 37.0 Å². The second-order valence-electron chi connectivity index (χ2n) is 9.94. The largest absolute Gasteiger partial charge is 0.468 e. The van der Waals surface area contributed by atoms with Crippen LogP contribution in [0, 0.1) is 0 Å². The zero-order valence-corrected chi connectivity index (χ0v) is 26.6. The molecule has 0 unspecified atom stereocenters. The molecule has 0 spiro atoms. The van der Waals surface area contributed by atoms with E-state index in [0.717, 1.165) is 51.2 Å². The van der Waals surface area contributed by atoms with Crippen molar-refractivity contribution in [1.29, 1.82) is 0 Å². The Morgan fingerprint density at radius 1 is 0.756 bits per heavy atom. The second kappa shape index (κ2) is 20.5. The lowest BCUT2D eigenvalue weighted by Gasteiger charge is -2.19. The van der Waals surface area contributed by atoms with E-state index in [-0.39, 0.29) is 30.9 Å². The number of unbranched alkanes of at least 4 members (excludes halogenated alkanes) is 2. The number of ether oxygens (including phenoxy) is 3. The van der Waals surface area contributed by atoms with E-state index in [4.69, 9.17) is 0 Å². The van der Waals surface area contributed by atoms with Gasteiger partial charge < -0.3 is 30.2 Å². The minimum atomic E-state index is -1.11. The zero-order valence-electron chi connectivity index (χ0n) is 25.8. The van der Waals surface area contributed by atoms with Gasteiger partial charge in [0.05, 0.1) is 21.3 Å². The molecule has 0 radical (unpaired) electrons. The van der Waals surface area contributed by atoms with Crippen molar-refractivity contribution in [3.63, 3.8) is 0 Å². The van der Waals surface area contributed by atoms with Gasteiger partial charge in [-0.25, -0.2) is 9.59 Å². The summed E-state index contributed by atoms with van der Waals surface area (Å²) in [5.41, 5.74) is 2.46. The van der Waals surface area contributed by atoms with Gasteiger partial charge in [0.1, 0.15) is 18.6 Å². The molecular formula is C32H41N3O9S. The minimum Gasteiger partial charge on any atom is -0.468 e. The third kappa shape index (κ3) is 13.8. The van der Waals surface area contributed by atoms with Crippen molar-refractivity contribution < 1.29 is 43.0 Å². The highest BCUT2D eigenvalue weighted by Gasteiger charge is 2.25. The number of aryl methyl sites for hydroxylation is 1. The fourth-order valence-electron chi connectivity index (χ4n) is 4.16. The predicted molar refractivity (Wildman–Crippen MR) is 169 cm³/mol. The molecule has 244 valence electrons. The topological polar surface area (TPSA) is 166 Å². The molecule has 0 fully saturated rings. The molecule has 2 atom stereocenters. The molecule has 0 saturated carbocycles. The predicted octanol–water partition coefficient (Wildman–Crippen LogP) is 2.82. The third-order valence-corrected chi connectivity index (χ3v) is 7.85. The highest BCUT2D eigenvalue weighted by molar-refractivity contribution is 7.99. The molecule has 0 saturated heterocycles. The van der Waals surface area contributed by atoms with Crippen LogP contribution < -0.4 is 16.0 Å². The standard InChI is InChI=1S/C32H41N3O9S/c1-42-28(37)20-33-30(39)26(34-27(36)18-17-25(31(40)43-2)35-32(41)44-3)21-45-19-9-5-6-10-22-13-15-24(16-14-22)29(38)23-11-7-4-8-12-23/h4,7-8,11-16,25-26H,5-6,9-10,17-21H2,1-3H3,(H,33,39)(H,34,36)(H,35,41)/t25-,26-/m0/s1. The van der Waals surface area contributed by atoms with Gasteiger partial charge in [-0.3, -0.25) is 19.2 Å². The Hall–Kier alpha value is -4.39. The van der Waals surface area contributed by atoms with Crippen LogP contribution in [0.4, 0.5) is 4.79 Å². The van der Waals surface area contributed by atoms with Crippen molar-refractivity contribution in [1.82, 2.24) is 16.0 Å². The maximum Gasteiger partial charge on any atom is 0.407 e. The number of ketones is 1. The summed E-state index contributed by atoms with van der Waals surface area (Å²) in [5, 5.41) is 7.40. The highest BCUT2D eigenvalue weighted by atomic mass is 32.2. The zero-order chi connectivity index (χ0) is 33.0. The van der Waals surface area contributed by atoms with Crippen molar-refractivity contribution >= 4 is 47.4 Å². The van der Waals surface area contributed by atoms with Crippen LogP contribution in [-0.2, 0) is 39.8 Å². The van der Waals surface area contributed by atoms with Crippen LogP contribution in [0.3, 0.4) is 0 Å². The smallest absolute Gasteiger partial charge is 0.407 e. The number of benzene rings is 2. The number of methoxy groups -OCH3 is 3. The van der Waals surface area contributed by atoms with E-state index >= 15 is 0 Å². The number of carbonyl (C=O) groups is 6. The molecule has 0 aliphatic carbocycles. The first-order chi connectivity index (χ1) is 21.7. The van der Waals surface area contributed by atoms with Gasteiger partial charge in [-0.2, -0.15) is 11.8 Å². The molecule has 0 bridgehead atoms. The fraction of sp³-hybridized carbons (Fsp3) is 0.438. The number of rotatable bonds is 19. The average Bonchev–Trinajstić information content (AvgIpc) is 3.07. The number of esters is 2. The van der Waals surface area contributed by atoms with E-state index in [1.807, 2.05) is 42.5 Å². The molecule has 2 aromatic carbocycles. The quantitative estimate of drug-likeness (QED) is 0.0897. The maximum absolute atomic E-state index is 12.7. The summed E-state index contributed by atoms with van der Waals surface area (Å²) in [4.78, 5) is 72.9. The van der Waals surface area contributed by atoms with E-state index in [2.05, 4.69) is 30.2 Å². The van der Waals surface area contributed by atoms with Crippen molar-refractivity contribution in [2.24, 2.45) is 0 Å². The number of hydrogen-bond acceptors (Lipinski definition) is 10. The summed E-state index contributed by atoms with van der Waals surface area (Å²) in [6.07, 6.45) is 2.55. The summed E-state index contributed by atoms with van der Waals surface area (Å²) in [5.74, 6) is -1.45. The molecule has 2 aromatic rings. The fourth-order valence-corrected chi connectivity index (χ4v) is 5.21. The lowest BCUT2D eigenvalue weighted by atomic mass is 10.0. The Bertz CT molecular complexity index is 1270. The molecule has 13 heteroatoms. The van der Waals surface area contributed by atoms with Crippen molar-refractivity contribution in [3.05, 3.63) is 71.3 Å². The summed E-state index contributed by atoms with van der Waals surface area (Å²) in [6.45, 7) is -0.346. The number of carbonyl (C=O) groups excluding carboxylic acids is 6. The first-order valence-corrected chi connectivity index (χ1v) is 15.7. The van der Waals surface area contributed by atoms with Crippen molar-refractivity contribution in [2.45, 2.75) is 50.6 Å². The number of amides is 3. The first kappa shape index (κ1) is 36.8. The third-order valence-electron chi connectivity index (χ3n) is 6.70. The van der Waals surface area contributed by atoms with Crippen LogP contribution in [0.1, 0.15) is 53.6 Å². The van der Waals surface area contributed by atoms with Crippen LogP contribution in [-0.4, -0.2) is 87.1 Å². The normalized spacial score (nSPS) is 11.8. The number of thioether (sulfide) groups is 1. The van der Waals surface area contributed by atoms with E-state index in [0.29, 0.717) is 11.1 Å². The van der Waals surface area contributed by atoms with Gasteiger partial charge in [0, 0.05) is 23.3 Å². The SMILES string of the molecule is COC(=O)CNC(=O)[C@H](CSCCCCCc1ccc(C(=O)c2ccccc2)cc1)NC(=O)CC[C@H](NC(=O)OC)C(=O)OC. The molecule has 0 aromatic heterocycles. The van der Waals surface area contributed by atoms with Crippen LogP contribution in [0.15, 0.2) is 54.6 Å². The molecule has 0 heterocycles. The molecule has 45 heavy (non-hydrogen) atoms. The Morgan fingerprint density at radius 2 is 1.44 bits per heavy atom. The summed E-state index contributed by atoms with van der Waals surface area (Å²) >= 11 is 1.49. The summed E-state index contributed by atoms with van der Waals surface area (Å²) < 4.78 is 13.7. The molecule has 2 rings (SSSR count). The number of alkyl carbamates (subject to hydrolysis) is 1. The van der Waals surface area contributed by atoms with Gasteiger partial charge in [0.25, 0.3) is 0 Å².